The van der Waals surface area contributed by atoms with E-state index in [4.69, 9.17) is 9.84 Å². The fourth-order valence-corrected chi connectivity index (χ4v) is 2.00. The average molecular weight is 297 g/mol. The summed E-state index contributed by atoms with van der Waals surface area (Å²) in [5, 5.41) is 39.4. The first-order chi connectivity index (χ1) is 10.0. The van der Waals surface area contributed by atoms with Gasteiger partial charge in [-0.3, -0.25) is 0 Å². The Balaban J connectivity index is 0.000000235. The van der Waals surface area contributed by atoms with Crippen molar-refractivity contribution in [2.45, 2.75) is 30.6 Å². The van der Waals surface area contributed by atoms with Gasteiger partial charge in [-0.05, 0) is 12.6 Å². The highest BCUT2D eigenvalue weighted by molar-refractivity contribution is 5.45. The first-order valence-corrected chi connectivity index (χ1v) is 6.70. The van der Waals surface area contributed by atoms with Crippen molar-refractivity contribution in [3.63, 3.8) is 0 Å². The molecule has 1 aliphatic heterocycles. The number of rotatable bonds is 3. The number of aliphatic hydroxyl groups is 4. The topological polar surface area (TPSA) is 102 Å². The van der Waals surface area contributed by atoms with Crippen LogP contribution in [0, 0.1) is 0 Å². The SMILES string of the molecule is C=Cc1ccccc1.CN[C@H]1C(O)O[C@H](CO)[C@@H](O)[C@@H]1O. The van der Waals surface area contributed by atoms with Crippen molar-refractivity contribution in [3.8, 4) is 0 Å². The highest BCUT2D eigenvalue weighted by Crippen LogP contribution is 2.19. The van der Waals surface area contributed by atoms with Crippen LogP contribution in [0.5, 0.6) is 0 Å². The minimum Gasteiger partial charge on any atom is -0.394 e. The van der Waals surface area contributed by atoms with Crippen LogP contribution in [0.4, 0.5) is 0 Å². The third kappa shape index (κ3) is 4.89. The molecule has 0 aliphatic carbocycles. The van der Waals surface area contributed by atoms with Crippen molar-refractivity contribution < 1.29 is 25.2 Å². The summed E-state index contributed by atoms with van der Waals surface area (Å²) in [5.41, 5.74) is 1.17. The fraction of sp³-hybridized carbons (Fsp3) is 0.467. The quantitative estimate of drug-likeness (QED) is 0.507. The zero-order valence-corrected chi connectivity index (χ0v) is 12.0. The summed E-state index contributed by atoms with van der Waals surface area (Å²) in [5.74, 6) is 0. The smallest absolute Gasteiger partial charge is 0.173 e. The molecule has 0 amide bonds. The molecule has 0 radical (unpaired) electrons. The lowest BCUT2D eigenvalue weighted by atomic mass is 9.97. The second kappa shape index (κ2) is 8.89. The normalized spacial score (nSPS) is 32.0. The molecule has 6 heteroatoms. The Bertz CT molecular complexity index is 414. The summed E-state index contributed by atoms with van der Waals surface area (Å²) < 4.78 is 4.85. The highest BCUT2D eigenvalue weighted by atomic mass is 16.6. The molecule has 1 fully saturated rings. The van der Waals surface area contributed by atoms with Gasteiger partial charge in [0.2, 0.25) is 0 Å². The Morgan fingerprint density at radius 3 is 2.24 bits per heavy atom. The predicted octanol–water partition coefficient (Wildman–Crippen LogP) is -0.665. The van der Waals surface area contributed by atoms with Gasteiger partial charge in [-0.15, -0.1) is 0 Å². The Kier molecular flexibility index (Phi) is 7.52. The molecule has 1 saturated heterocycles. The van der Waals surface area contributed by atoms with Gasteiger partial charge in [0.25, 0.3) is 0 Å². The number of hydrogen-bond acceptors (Lipinski definition) is 6. The van der Waals surface area contributed by atoms with E-state index in [1.54, 1.807) is 0 Å². The van der Waals surface area contributed by atoms with Gasteiger partial charge < -0.3 is 30.5 Å². The van der Waals surface area contributed by atoms with Crippen LogP contribution >= 0.6 is 0 Å². The minimum absolute atomic E-state index is 0.439. The van der Waals surface area contributed by atoms with Crippen LogP contribution < -0.4 is 5.32 Å². The Hall–Kier alpha value is -1.28. The Morgan fingerprint density at radius 1 is 1.19 bits per heavy atom. The summed E-state index contributed by atoms with van der Waals surface area (Å²) in [6.07, 6.45) is -2.66. The summed E-state index contributed by atoms with van der Waals surface area (Å²) in [7, 11) is 1.53. The third-order valence-electron chi connectivity index (χ3n) is 3.27. The van der Waals surface area contributed by atoms with Crippen molar-refractivity contribution in [1.82, 2.24) is 5.32 Å². The molecule has 2 rings (SSSR count). The monoisotopic (exact) mass is 297 g/mol. The number of hydrogen-bond donors (Lipinski definition) is 5. The van der Waals surface area contributed by atoms with Crippen LogP contribution in [0.15, 0.2) is 36.9 Å². The van der Waals surface area contributed by atoms with E-state index in [0.29, 0.717) is 0 Å². The van der Waals surface area contributed by atoms with Crippen LogP contribution in [-0.4, -0.2) is 64.7 Å². The van der Waals surface area contributed by atoms with E-state index < -0.39 is 37.3 Å². The van der Waals surface area contributed by atoms with E-state index in [2.05, 4.69) is 11.9 Å². The molecule has 6 nitrogen and oxygen atoms in total. The predicted molar refractivity (Wildman–Crippen MR) is 79.4 cm³/mol. The van der Waals surface area contributed by atoms with Crippen LogP contribution in [0.25, 0.3) is 6.08 Å². The van der Waals surface area contributed by atoms with Crippen LogP contribution in [0.1, 0.15) is 5.56 Å². The van der Waals surface area contributed by atoms with E-state index >= 15 is 0 Å². The van der Waals surface area contributed by atoms with E-state index in [1.807, 2.05) is 36.4 Å². The molecule has 0 bridgehead atoms. The van der Waals surface area contributed by atoms with Gasteiger partial charge in [0.1, 0.15) is 18.3 Å². The summed E-state index contributed by atoms with van der Waals surface area (Å²) in [6.45, 7) is 3.19. The second-order valence-corrected chi connectivity index (χ2v) is 4.66. The molecule has 0 aromatic heterocycles. The lowest BCUT2D eigenvalue weighted by Crippen LogP contribution is -2.62. The van der Waals surface area contributed by atoms with Crippen LogP contribution in [0.3, 0.4) is 0 Å². The van der Waals surface area contributed by atoms with Gasteiger partial charge in [0.05, 0.1) is 12.6 Å². The van der Waals surface area contributed by atoms with Gasteiger partial charge >= 0.3 is 0 Å². The summed E-state index contributed by atoms with van der Waals surface area (Å²) >= 11 is 0. The summed E-state index contributed by atoms with van der Waals surface area (Å²) in [6, 6.07) is 9.29. The number of nitrogens with one attached hydrogen (secondary N) is 1. The van der Waals surface area contributed by atoms with Gasteiger partial charge in [-0.25, -0.2) is 0 Å². The lowest BCUT2D eigenvalue weighted by Gasteiger charge is -2.39. The largest absolute Gasteiger partial charge is 0.394 e. The molecule has 21 heavy (non-hydrogen) atoms. The maximum Gasteiger partial charge on any atom is 0.173 e. The van der Waals surface area contributed by atoms with Gasteiger partial charge in [-0.1, -0.05) is 43.0 Å². The first kappa shape index (κ1) is 17.8. The number of likely N-dealkylation sites (N-methyl/N-ethyl adjacent to an activating group) is 1. The molecular weight excluding hydrogens is 274 g/mol. The fourth-order valence-electron chi connectivity index (χ4n) is 2.00. The van der Waals surface area contributed by atoms with Gasteiger partial charge in [0.15, 0.2) is 6.29 Å². The maximum absolute atomic E-state index is 9.45. The molecule has 5 N–H and O–H groups in total. The van der Waals surface area contributed by atoms with E-state index in [0.717, 1.165) is 0 Å². The molecule has 118 valence electrons. The molecule has 1 aromatic rings. The highest BCUT2D eigenvalue weighted by Gasteiger charge is 2.42. The molecule has 1 aromatic carbocycles. The van der Waals surface area contributed by atoms with E-state index in [9.17, 15) is 15.3 Å². The van der Waals surface area contributed by atoms with Crippen LogP contribution in [0.2, 0.25) is 0 Å². The molecule has 5 atom stereocenters. The van der Waals surface area contributed by atoms with Gasteiger partial charge in [-0.2, -0.15) is 0 Å². The molecule has 1 heterocycles. The van der Waals surface area contributed by atoms with Crippen molar-refractivity contribution in [3.05, 3.63) is 42.5 Å². The number of benzene rings is 1. The van der Waals surface area contributed by atoms with Crippen LogP contribution in [-0.2, 0) is 4.74 Å². The molecule has 0 spiro atoms. The van der Waals surface area contributed by atoms with E-state index in [-0.39, 0.29) is 0 Å². The van der Waals surface area contributed by atoms with Gasteiger partial charge in [0, 0.05) is 0 Å². The lowest BCUT2D eigenvalue weighted by molar-refractivity contribution is -0.253. The standard InChI is InChI=1S/C8H8.C7H15NO5/c1-2-8-6-4-3-5-7-8;1-8-4-6(11)5(10)3(2-9)13-7(4)12/h2-7H,1H2;3-12H,2H2,1H3/t;3-,4-,5-,6-,7?/m.1/s1. The molecule has 0 saturated carbocycles. The van der Waals surface area contributed by atoms with E-state index in [1.165, 1.54) is 12.6 Å². The molecule has 1 unspecified atom stereocenters. The number of aliphatic hydroxyl groups excluding tert-OH is 4. The van der Waals surface area contributed by atoms with Crippen molar-refractivity contribution in [2.75, 3.05) is 13.7 Å². The molecule has 1 aliphatic rings. The zero-order valence-electron chi connectivity index (χ0n) is 12.0. The third-order valence-corrected chi connectivity index (χ3v) is 3.27. The Morgan fingerprint density at radius 2 is 1.81 bits per heavy atom. The minimum atomic E-state index is -1.22. The van der Waals surface area contributed by atoms with Crippen molar-refractivity contribution in [1.29, 1.82) is 0 Å². The van der Waals surface area contributed by atoms with Crippen molar-refractivity contribution >= 4 is 6.08 Å². The maximum atomic E-state index is 9.45. The van der Waals surface area contributed by atoms with Crippen molar-refractivity contribution in [2.24, 2.45) is 0 Å². The molecular formula is C15H23NO5. The number of ether oxygens (including phenoxy) is 1. The average Bonchev–Trinajstić information content (AvgIpc) is 2.53. The second-order valence-electron chi connectivity index (χ2n) is 4.66. The Labute approximate surface area is 124 Å². The first-order valence-electron chi connectivity index (χ1n) is 6.70. The zero-order chi connectivity index (χ0) is 15.8. The summed E-state index contributed by atoms with van der Waals surface area (Å²) in [4.78, 5) is 0.